The molecule has 0 fully saturated rings. The summed E-state index contributed by atoms with van der Waals surface area (Å²) in [5, 5.41) is 2.31. The van der Waals surface area contributed by atoms with Gasteiger partial charge in [-0.05, 0) is 60.1 Å². The molecule has 1 aromatic rings. The number of methoxy groups -OCH3 is 1. The maximum atomic E-state index is 14.1. The number of rotatable bonds is 18. The molecule has 0 heterocycles. The summed E-state index contributed by atoms with van der Waals surface area (Å²) in [6.45, 7) is 13.9. The van der Waals surface area contributed by atoms with Crippen molar-refractivity contribution in [2.24, 2.45) is 0 Å². The minimum atomic E-state index is -1.88. The quantitative estimate of drug-likeness (QED) is 0.0690. The van der Waals surface area contributed by atoms with Gasteiger partial charge < -0.3 is 29.0 Å². The van der Waals surface area contributed by atoms with Crippen molar-refractivity contribution in [2.75, 3.05) is 38.4 Å². The minimum absolute atomic E-state index is 0.00517. The molecule has 0 spiro atoms. The Bertz CT molecular complexity index is 982. The van der Waals surface area contributed by atoms with Crippen LogP contribution < -0.4 is 10.1 Å². The molecular weight excluding hydrogens is 570 g/mol. The van der Waals surface area contributed by atoms with Crippen LogP contribution in [0.25, 0.3) is 0 Å². The van der Waals surface area contributed by atoms with Crippen LogP contribution in [0.5, 0.6) is 5.75 Å². The SMILES string of the molecule is CCCOC(C)(C)CCSCC(NC(=O)OCCC(C)(C)OCC(C)(C)OC)C(=O)Oc1c(F)c(F)cc(F)c1F. The van der Waals surface area contributed by atoms with Crippen molar-refractivity contribution < 1.29 is 50.8 Å². The number of ether oxygens (including phenoxy) is 5. The van der Waals surface area contributed by atoms with Gasteiger partial charge in [-0.1, -0.05) is 6.92 Å². The van der Waals surface area contributed by atoms with Gasteiger partial charge in [-0.25, -0.2) is 18.4 Å². The Kier molecular flexibility index (Phi) is 14.9. The van der Waals surface area contributed by atoms with Crippen LogP contribution in [0.3, 0.4) is 0 Å². The molecule has 1 rings (SSSR count). The number of benzene rings is 1. The predicted octanol–water partition coefficient (Wildman–Crippen LogP) is 6.18. The van der Waals surface area contributed by atoms with Gasteiger partial charge in [0.2, 0.25) is 17.4 Å². The maximum Gasteiger partial charge on any atom is 0.407 e. The third kappa shape index (κ3) is 13.6. The Morgan fingerprint density at radius 3 is 2.05 bits per heavy atom. The minimum Gasteiger partial charge on any atom is -0.449 e. The van der Waals surface area contributed by atoms with Gasteiger partial charge >= 0.3 is 12.1 Å². The van der Waals surface area contributed by atoms with Crippen LogP contribution in [0.1, 0.15) is 67.7 Å². The Labute approximate surface area is 244 Å². The number of halogens is 4. The molecule has 0 aliphatic rings. The number of esters is 1. The summed E-state index contributed by atoms with van der Waals surface area (Å²) in [7, 11) is 1.57. The van der Waals surface area contributed by atoms with Crippen LogP contribution in [0.2, 0.25) is 0 Å². The van der Waals surface area contributed by atoms with Crippen LogP contribution in [0.4, 0.5) is 22.4 Å². The van der Waals surface area contributed by atoms with E-state index in [4.69, 9.17) is 18.9 Å². The van der Waals surface area contributed by atoms with E-state index >= 15 is 0 Å². The van der Waals surface area contributed by atoms with E-state index in [1.807, 2.05) is 48.5 Å². The van der Waals surface area contributed by atoms with E-state index in [0.29, 0.717) is 31.8 Å². The second-order valence-electron chi connectivity index (χ2n) is 11.2. The van der Waals surface area contributed by atoms with Crippen molar-refractivity contribution in [2.45, 2.75) is 90.6 Å². The predicted molar refractivity (Wildman–Crippen MR) is 148 cm³/mol. The van der Waals surface area contributed by atoms with Crippen molar-refractivity contribution in [3.63, 3.8) is 0 Å². The van der Waals surface area contributed by atoms with E-state index < -0.39 is 63.9 Å². The van der Waals surface area contributed by atoms with Crippen molar-refractivity contribution >= 4 is 23.8 Å². The molecule has 0 saturated carbocycles. The van der Waals surface area contributed by atoms with Gasteiger partial charge in [0.15, 0.2) is 11.6 Å². The maximum absolute atomic E-state index is 14.1. The third-order valence-electron chi connectivity index (χ3n) is 5.98. The summed E-state index contributed by atoms with van der Waals surface area (Å²) in [4.78, 5) is 25.3. The standard InChI is InChI=1S/C28H43F4NO7S/c1-9-12-38-27(4,5)11-14-41-16-20(24(34)40-23-21(31)18(29)15-19(30)22(23)32)33-25(35)37-13-10-26(2,3)39-17-28(6,7)36-8/h15,20H,9-14,16-17H2,1-8H3,(H,33,35). The summed E-state index contributed by atoms with van der Waals surface area (Å²) in [5.41, 5.74) is -1.63. The zero-order valence-corrected chi connectivity index (χ0v) is 25.9. The van der Waals surface area contributed by atoms with Gasteiger partial charge in [0.05, 0.1) is 30.0 Å². The molecule has 41 heavy (non-hydrogen) atoms. The molecule has 1 aromatic carbocycles. The lowest BCUT2D eigenvalue weighted by Gasteiger charge is -2.31. The first-order valence-electron chi connectivity index (χ1n) is 13.3. The molecule has 0 aliphatic heterocycles. The number of nitrogens with one attached hydrogen (secondary N) is 1. The Balaban J connectivity index is 2.86. The molecular formula is C28H43F4NO7S. The molecule has 1 N–H and O–H groups in total. The van der Waals surface area contributed by atoms with Gasteiger partial charge in [-0.3, -0.25) is 0 Å². The molecule has 13 heteroatoms. The molecule has 0 bridgehead atoms. The Morgan fingerprint density at radius 1 is 0.902 bits per heavy atom. The largest absolute Gasteiger partial charge is 0.449 e. The number of carbonyl (C=O) groups is 2. The molecule has 0 radical (unpaired) electrons. The lowest BCUT2D eigenvalue weighted by atomic mass is 10.1. The van der Waals surface area contributed by atoms with Crippen LogP contribution in [-0.2, 0) is 23.7 Å². The molecule has 1 amide bonds. The summed E-state index contributed by atoms with van der Waals surface area (Å²) in [6, 6.07) is -1.46. The fourth-order valence-electron chi connectivity index (χ4n) is 3.02. The lowest BCUT2D eigenvalue weighted by molar-refractivity contribution is -0.136. The molecule has 8 nitrogen and oxygen atoms in total. The molecule has 0 aliphatic carbocycles. The van der Waals surface area contributed by atoms with Crippen molar-refractivity contribution in [3.8, 4) is 5.75 Å². The number of hydrogen-bond donors (Lipinski definition) is 1. The van der Waals surface area contributed by atoms with Crippen LogP contribution in [-0.4, -0.2) is 73.3 Å². The van der Waals surface area contributed by atoms with Crippen molar-refractivity contribution in [3.05, 3.63) is 29.3 Å². The molecule has 1 unspecified atom stereocenters. The van der Waals surface area contributed by atoms with E-state index in [0.717, 1.165) is 6.42 Å². The number of thioether (sulfide) groups is 1. The molecule has 0 saturated heterocycles. The van der Waals surface area contributed by atoms with E-state index in [-0.39, 0.29) is 18.4 Å². The molecule has 0 aromatic heterocycles. The van der Waals surface area contributed by atoms with E-state index in [9.17, 15) is 27.2 Å². The highest BCUT2D eigenvalue weighted by Gasteiger charge is 2.30. The molecule has 236 valence electrons. The highest BCUT2D eigenvalue weighted by molar-refractivity contribution is 7.99. The van der Waals surface area contributed by atoms with Crippen molar-refractivity contribution in [1.29, 1.82) is 0 Å². The number of amides is 1. The van der Waals surface area contributed by atoms with E-state index in [1.54, 1.807) is 7.11 Å². The highest BCUT2D eigenvalue weighted by Crippen LogP contribution is 2.27. The second-order valence-corrected chi connectivity index (χ2v) is 12.4. The monoisotopic (exact) mass is 613 g/mol. The van der Waals surface area contributed by atoms with Crippen LogP contribution in [0.15, 0.2) is 6.07 Å². The topological polar surface area (TPSA) is 92.3 Å². The van der Waals surface area contributed by atoms with Crippen molar-refractivity contribution in [1.82, 2.24) is 5.32 Å². The van der Waals surface area contributed by atoms with Gasteiger partial charge in [-0.15, -0.1) is 0 Å². The van der Waals surface area contributed by atoms with Crippen LogP contribution in [0, 0.1) is 23.3 Å². The number of hydrogen-bond acceptors (Lipinski definition) is 8. The Hall–Kier alpha value is -2.09. The highest BCUT2D eigenvalue weighted by atomic mass is 32.2. The average molecular weight is 614 g/mol. The summed E-state index contributed by atoms with van der Waals surface area (Å²) < 4.78 is 82.2. The zero-order chi connectivity index (χ0) is 31.4. The van der Waals surface area contributed by atoms with Gasteiger partial charge in [-0.2, -0.15) is 20.5 Å². The number of alkyl carbamates (subject to hydrolysis) is 1. The number of carbonyl (C=O) groups excluding carboxylic acids is 2. The normalized spacial score (nSPS) is 13.2. The fourth-order valence-corrected chi connectivity index (χ4v) is 4.28. The third-order valence-corrected chi connectivity index (χ3v) is 7.04. The first-order valence-corrected chi connectivity index (χ1v) is 14.5. The fraction of sp³-hybridized carbons (Fsp3) is 0.714. The van der Waals surface area contributed by atoms with Gasteiger partial charge in [0.25, 0.3) is 0 Å². The summed E-state index contributed by atoms with van der Waals surface area (Å²) in [6.07, 6.45) is 0.741. The average Bonchev–Trinajstić information content (AvgIpc) is 2.89. The van der Waals surface area contributed by atoms with Crippen LogP contribution >= 0.6 is 11.8 Å². The lowest BCUT2D eigenvalue weighted by Crippen LogP contribution is -2.45. The Morgan fingerprint density at radius 2 is 1.49 bits per heavy atom. The van der Waals surface area contributed by atoms with E-state index in [1.165, 1.54) is 11.8 Å². The van der Waals surface area contributed by atoms with Gasteiger partial charge in [0, 0.05) is 32.0 Å². The summed E-state index contributed by atoms with van der Waals surface area (Å²) in [5.74, 6) is -9.68. The second kappa shape index (κ2) is 16.5. The van der Waals surface area contributed by atoms with E-state index in [2.05, 4.69) is 10.1 Å². The zero-order valence-electron chi connectivity index (χ0n) is 25.1. The first-order chi connectivity index (χ1) is 18.9. The first kappa shape index (κ1) is 36.9. The smallest absolute Gasteiger partial charge is 0.407 e. The molecule has 1 atom stereocenters. The summed E-state index contributed by atoms with van der Waals surface area (Å²) >= 11 is 1.24. The van der Waals surface area contributed by atoms with Gasteiger partial charge in [0.1, 0.15) is 6.04 Å².